The van der Waals surface area contributed by atoms with E-state index in [9.17, 15) is 13.2 Å². The first-order valence-electron chi connectivity index (χ1n) is 5.53. The van der Waals surface area contributed by atoms with Crippen molar-refractivity contribution < 1.29 is 13.2 Å². The van der Waals surface area contributed by atoms with Crippen molar-refractivity contribution >= 4 is 5.69 Å². The van der Waals surface area contributed by atoms with E-state index < -0.39 is 11.7 Å². The van der Waals surface area contributed by atoms with E-state index in [-0.39, 0.29) is 0 Å². The van der Waals surface area contributed by atoms with Crippen LogP contribution >= 0.6 is 0 Å². The highest BCUT2D eigenvalue weighted by atomic mass is 19.4. The molecule has 0 fully saturated rings. The van der Waals surface area contributed by atoms with Crippen LogP contribution in [0, 0.1) is 0 Å². The first-order valence-corrected chi connectivity index (χ1v) is 5.53. The molecule has 0 unspecified atom stereocenters. The molecule has 0 bridgehead atoms. The Labute approximate surface area is 99.4 Å². The van der Waals surface area contributed by atoms with E-state index in [1.165, 1.54) is 12.1 Å². The fourth-order valence-electron chi connectivity index (χ4n) is 1.33. The van der Waals surface area contributed by atoms with Gasteiger partial charge in [0.05, 0.1) is 5.56 Å². The average Bonchev–Trinajstić information content (AvgIpc) is 2.28. The number of hydrogen-bond acceptors (Lipinski definition) is 2. The van der Waals surface area contributed by atoms with Crippen molar-refractivity contribution in [2.45, 2.75) is 13.1 Å². The molecule has 0 atom stereocenters. The molecule has 1 rings (SSSR count). The number of alkyl halides is 3. The quantitative estimate of drug-likeness (QED) is 0.859. The minimum absolute atomic E-state index is 0.617. The van der Waals surface area contributed by atoms with Crippen molar-refractivity contribution in [1.29, 1.82) is 0 Å². The van der Waals surface area contributed by atoms with Gasteiger partial charge in [-0.15, -0.1) is 0 Å². The van der Waals surface area contributed by atoms with E-state index >= 15 is 0 Å². The minimum Gasteiger partial charge on any atom is -0.384 e. The van der Waals surface area contributed by atoms with Crippen LogP contribution < -0.4 is 5.32 Å². The van der Waals surface area contributed by atoms with Gasteiger partial charge in [-0.05, 0) is 37.9 Å². The summed E-state index contributed by atoms with van der Waals surface area (Å²) in [6.45, 7) is 4.58. The van der Waals surface area contributed by atoms with Gasteiger partial charge in [-0.1, -0.05) is 6.92 Å². The second-order valence-electron chi connectivity index (χ2n) is 3.90. The van der Waals surface area contributed by atoms with Crippen molar-refractivity contribution in [2.75, 3.05) is 32.0 Å². The molecule has 0 radical (unpaired) electrons. The topological polar surface area (TPSA) is 15.3 Å². The van der Waals surface area contributed by atoms with Gasteiger partial charge in [-0.3, -0.25) is 0 Å². The largest absolute Gasteiger partial charge is 0.416 e. The Morgan fingerprint density at radius 3 is 2.24 bits per heavy atom. The standard InChI is InChI=1S/C12H17F3N2/c1-3-17(2)9-8-16-11-6-4-10(5-7-11)12(13,14)15/h4-7,16H,3,8-9H2,1-2H3. The van der Waals surface area contributed by atoms with E-state index in [1.807, 2.05) is 7.05 Å². The number of rotatable bonds is 5. The molecule has 0 saturated carbocycles. The Bertz CT molecular complexity index is 333. The van der Waals surface area contributed by atoms with Gasteiger partial charge in [0, 0.05) is 18.8 Å². The SMILES string of the molecule is CCN(C)CCNc1ccc(C(F)(F)F)cc1. The van der Waals surface area contributed by atoms with Gasteiger partial charge in [0.2, 0.25) is 0 Å². The summed E-state index contributed by atoms with van der Waals surface area (Å²) in [6.07, 6.45) is -4.26. The Balaban J connectivity index is 2.46. The molecular formula is C12H17F3N2. The van der Waals surface area contributed by atoms with Crippen molar-refractivity contribution in [3.05, 3.63) is 29.8 Å². The lowest BCUT2D eigenvalue weighted by molar-refractivity contribution is -0.137. The summed E-state index contributed by atoms with van der Waals surface area (Å²) in [5.41, 5.74) is 0.0937. The fraction of sp³-hybridized carbons (Fsp3) is 0.500. The molecule has 0 amide bonds. The maximum Gasteiger partial charge on any atom is 0.416 e. The third-order valence-electron chi connectivity index (χ3n) is 2.57. The third kappa shape index (κ3) is 4.65. The zero-order valence-corrected chi connectivity index (χ0v) is 10.0. The molecule has 1 aromatic carbocycles. The fourth-order valence-corrected chi connectivity index (χ4v) is 1.33. The third-order valence-corrected chi connectivity index (χ3v) is 2.57. The van der Waals surface area contributed by atoms with E-state index in [0.29, 0.717) is 5.69 Å². The van der Waals surface area contributed by atoms with Crippen LogP contribution in [-0.4, -0.2) is 31.6 Å². The van der Waals surface area contributed by atoms with Crippen LogP contribution in [0.5, 0.6) is 0 Å². The van der Waals surface area contributed by atoms with Gasteiger partial charge in [-0.2, -0.15) is 13.2 Å². The molecule has 96 valence electrons. The molecule has 0 spiro atoms. The van der Waals surface area contributed by atoms with E-state index in [0.717, 1.165) is 31.8 Å². The summed E-state index contributed by atoms with van der Waals surface area (Å²) in [6, 6.07) is 5.08. The van der Waals surface area contributed by atoms with Crippen LogP contribution in [0.4, 0.5) is 18.9 Å². The van der Waals surface area contributed by atoms with Crippen molar-refractivity contribution in [2.24, 2.45) is 0 Å². The zero-order valence-electron chi connectivity index (χ0n) is 10.0. The van der Waals surface area contributed by atoms with Crippen LogP contribution in [0.3, 0.4) is 0 Å². The number of benzene rings is 1. The molecule has 1 N–H and O–H groups in total. The number of anilines is 1. The predicted octanol–water partition coefficient (Wildman–Crippen LogP) is 3.07. The predicted molar refractivity (Wildman–Crippen MR) is 63.1 cm³/mol. The summed E-state index contributed by atoms with van der Waals surface area (Å²) in [4.78, 5) is 2.12. The van der Waals surface area contributed by atoms with Gasteiger partial charge in [-0.25, -0.2) is 0 Å². The number of nitrogens with one attached hydrogen (secondary N) is 1. The Morgan fingerprint density at radius 1 is 1.18 bits per heavy atom. The highest BCUT2D eigenvalue weighted by molar-refractivity contribution is 5.45. The molecule has 17 heavy (non-hydrogen) atoms. The number of nitrogens with zero attached hydrogens (tertiary/aromatic N) is 1. The highest BCUT2D eigenvalue weighted by Gasteiger charge is 2.29. The maximum absolute atomic E-state index is 12.3. The minimum atomic E-state index is -4.26. The van der Waals surface area contributed by atoms with Gasteiger partial charge >= 0.3 is 6.18 Å². The van der Waals surface area contributed by atoms with Gasteiger partial charge in [0.1, 0.15) is 0 Å². The second-order valence-corrected chi connectivity index (χ2v) is 3.90. The summed E-state index contributed by atoms with van der Waals surface area (Å²) >= 11 is 0. The summed E-state index contributed by atoms with van der Waals surface area (Å²) in [5, 5.41) is 3.08. The summed E-state index contributed by atoms with van der Waals surface area (Å²) < 4.78 is 36.9. The van der Waals surface area contributed by atoms with Crippen LogP contribution in [0.2, 0.25) is 0 Å². The average molecular weight is 246 g/mol. The van der Waals surface area contributed by atoms with E-state index in [1.54, 1.807) is 0 Å². The first-order chi connectivity index (χ1) is 7.93. The highest BCUT2D eigenvalue weighted by Crippen LogP contribution is 2.29. The normalized spacial score (nSPS) is 11.9. The smallest absolute Gasteiger partial charge is 0.384 e. The molecular weight excluding hydrogens is 229 g/mol. The van der Waals surface area contributed by atoms with Crippen molar-refractivity contribution in [3.8, 4) is 0 Å². The van der Waals surface area contributed by atoms with Gasteiger partial charge in [0.25, 0.3) is 0 Å². The Hall–Kier alpha value is -1.23. The Kier molecular flexibility index (Phi) is 4.81. The molecule has 0 saturated heterocycles. The molecule has 0 heterocycles. The maximum atomic E-state index is 12.3. The number of hydrogen-bond donors (Lipinski definition) is 1. The zero-order chi connectivity index (χ0) is 12.9. The molecule has 0 aromatic heterocycles. The van der Waals surface area contributed by atoms with Crippen LogP contribution in [0.1, 0.15) is 12.5 Å². The van der Waals surface area contributed by atoms with Crippen LogP contribution in [0.15, 0.2) is 24.3 Å². The lowest BCUT2D eigenvalue weighted by Gasteiger charge is -2.15. The monoisotopic (exact) mass is 246 g/mol. The van der Waals surface area contributed by atoms with Crippen LogP contribution in [-0.2, 0) is 6.18 Å². The molecule has 5 heteroatoms. The van der Waals surface area contributed by atoms with Gasteiger partial charge < -0.3 is 10.2 Å². The molecule has 1 aromatic rings. The molecule has 0 aliphatic carbocycles. The lowest BCUT2D eigenvalue weighted by Crippen LogP contribution is -2.24. The first kappa shape index (κ1) is 13.8. The molecule has 0 aliphatic rings. The number of halogens is 3. The summed E-state index contributed by atoms with van der Waals surface area (Å²) in [7, 11) is 1.99. The lowest BCUT2D eigenvalue weighted by atomic mass is 10.2. The van der Waals surface area contributed by atoms with Gasteiger partial charge in [0.15, 0.2) is 0 Å². The summed E-state index contributed by atoms with van der Waals surface area (Å²) in [5.74, 6) is 0. The van der Waals surface area contributed by atoms with Crippen molar-refractivity contribution in [1.82, 2.24) is 4.90 Å². The van der Waals surface area contributed by atoms with E-state index in [2.05, 4.69) is 17.1 Å². The number of likely N-dealkylation sites (N-methyl/N-ethyl adjacent to an activating group) is 1. The van der Waals surface area contributed by atoms with Crippen molar-refractivity contribution in [3.63, 3.8) is 0 Å². The molecule has 0 aliphatic heterocycles. The molecule has 2 nitrogen and oxygen atoms in total. The Morgan fingerprint density at radius 2 is 1.76 bits per heavy atom. The van der Waals surface area contributed by atoms with Crippen LogP contribution in [0.25, 0.3) is 0 Å². The second kappa shape index (κ2) is 5.91. The van der Waals surface area contributed by atoms with E-state index in [4.69, 9.17) is 0 Å².